The summed E-state index contributed by atoms with van der Waals surface area (Å²) < 4.78 is 0. The number of carbonyl (C=O) groups excluding carboxylic acids is 1. The number of hydrogen-bond donors (Lipinski definition) is 1. The van der Waals surface area contributed by atoms with Crippen molar-refractivity contribution in [1.29, 1.82) is 0 Å². The lowest BCUT2D eigenvalue weighted by Crippen LogP contribution is -2.26. The normalized spacial score (nSPS) is 9.25. The Bertz CT molecular complexity index is 97.1. The zero-order valence-corrected chi connectivity index (χ0v) is 8.69. The highest BCUT2D eigenvalue weighted by atomic mass is 35.5. The van der Waals surface area contributed by atoms with Crippen LogP contribution in [0.4, 0.5) is 0 Å². The molecule has 4 heteroatoms. The second-order valence-electron chi connectivity index (χ2n) is 2.45. The minimum absolute atomic E-state index is 0. The first-order valence-electron chi connectivity index (χ1n) is 4.24. The molecule has 0 radical (unpaired) electrons. The summed E-state index contributed by atoms with van der Waals surface area (Å²) >= 11 is 0. The molecule has 0 aromatic heterocycles. The van der Waals surface area contributed by atoms with E-state index in [4.69, 9.17) is 0 Å². The topological polar surface area (TPSA) is 32.3 Å². The van der Waals surface area contributed by atoms with E-state index < -0.39 is 0 Å². The van der Waals surface area contributed by atoms with Crippen molar-refractivity contribution in [2.45, 2.75) is 20.3 Å². The first-order chi connectivity index (χ1) is 5.35. The quantitative estimate of drug-likeness (QED) is 0.482. The molecule has 1 N–H and O–H groups in total. The van der Waals surface area contributed by atoms with Gasteiger partial charge in [0, 0.05) is 6.54 Å². The zero-order chi connectivity index (χ0) is 8.53. The van der Waals surface area contributed by atoms with Gasteiger partial charge in [-0.15, -0.1) is 12.4 Å². The van der Waals surface area contributed by atoms with Crippen molar-refractivity contribution in [3.8, 4) is 0 Å². The van der Waals surface area contributed by atoms with Crippen molar-refractivity contribution >= 4 is 18.8 Å². The van der Waals surface area contributed by atoms with Gasteiger partial charge < -0.3 is 10.2 Å². The first-order valence-corrected chi connectivity index (χ1v) is 4.24. The molecule has 0 spiro atoms. The van der Waals surface area contributed by atoms with Gasteiger partial charge in [-0.25, -0.2) is 0 Å². The summed E-state index contributed by atoms with van der Waals surface area (Å²) in [6, 6.07) is 0. The van der Waals surface area contributed by atoms with Crippen LogP contribution in [0.2, 0.25) is 0 Å². The van der Waals surface area contributed by atoms with Gasteiger partial charge in [0.15, 0.2) is 0 Å². The molecule has 0 aromatic carbocycles. The summed E-state index contributed by atoms with van der Waals surface area (Å²) in [7, 11) is 0. The molecule has 0 saturated heterocycles. The van der Waals surface area contributed by atoms with Gasteiger partial charge in [0.2, 0.25) is 6.41 Å². The molecule has 0 fully saturated rings. The van der Waals surface area contributed by atoms with Crippen LogP contribution in [0.25, 0.3) is 0 Å². The Morgan fingerprint density at radius 3 is 2.33 bits per heavy atom. The van der Waals surface area contributed by atoms with Gasteiger partial charge in [-0.05, 0) is 26.1 Å². The zero-order valence-electron chi connectivity index (χ0n) is 7.88. The molecule has 0 aromatic rings. The van der Waals surface area contributed by atoms with Crippen molar-refractivity contribution in [3.05, 3.63) is 0 Å². The lowest BCUT2D eigenvalue weighted by molar-refractivity contribution is -0.109. The van der Waals surface area contributed by atoms with Crippen molar-refractivity contribution in [2.24, 2.45) is 0 Å². The predicted molar refractivity (Wildman–Crippen MR) is 53.7 cm³/mol. The van der Waals surface area contributed by atoms with Gasteiger partial charge in [0.25, 0.3) is 0 Å². The number of rotatable bonds is 7. The van der Waals surface area contributed by atoms with Gasteiger partial charge >= 0.3 is 0 Å². The fourth-order valence-electron chi connectivity index (χ4n) is 1.00. The number of nitrogens with zero attached hydrogens (tertiary/aromatic N) is 1. The number of carbonyl (C=O) groups is 1. The molecule has 0 aliphatic rings. The number of hydrogen-bond acceptors (Lipinski definition) is 2. The molecular weight excluding hydrogens is 176 g/mol. The molecule has 74 valence electrons. The molecule has 3 nitrogen and oxygen atoms in total. The van der Waals surface area contributed by atoms with Crippen molar-refractivity contribution in [1.82, 2.24) is 10.2 Å². The average molecular weight is 195 g/mol. The van der Waals surface area contributed by atoms with E-state index in [0.29, 0.717) is 0 Å². The third-order valence-corrected chi connectivity index (χ3v) is 1.77. The second kappa shape index (κ2) is 10.7. The standard InChI is InChI=1S/C8H18N2O.ClH/c1-3-10(4-2)7-5-6-9-8-11;/h8H,3-7H2,1-2H3,(H,9,11);1H. The number of amides is 1. The molecule has 0 rings (SSSR count). The Morgan fingerprint density at radius 2 is 1.92 bits per heavy atom. The Labute approximate surface area is 80.9 Å². The smallest absolute Gasteiger partial charge is 0.207 e. The van der Waals surface area contributed by atoms with Gasteiger partial charge in [0.1, 0.15) is 0 Å². The highest BCUT2D eigenvalue weighted by molar-refractivity contribution is 5.85. The lowest BCUT2D eigenvalue weighted by atomic mass is 10.3. The van der Waals surface area contributed by atoms with Crippen LogP contribution in [0.5, 0.6) is 0 Å². The second-order valence-corrected chi connectivity index (χ2v) is 2.45. The fraction of sp³-hybridized carbons (Fsp3) is 0.875. The molecule has 0 bridgehead atoms. The van der Waals surface area contributed by atoms with Crippen molar-refractivity contribution in [2.75, 3.05) is 26.2 Å². The van der Waals surface area contributed by atoms with E-state index in [-0.39, 0.29) is 12.4 Å². The Morgan fingerprint density at radius 1 is 1.33 bits per heavy atom. The molecule has 0 unspecified atom stereocenters. The minimum Gasteiger partial charge on any atom is -0.359 e. The van der Waals surface area contributed by atoms with Crippen molar-refractivity contribution in [3.63, 3.8) is 0 Å². The van der Waals surface area contributed by atoms with Crippen LogP contribution < -0.4 is 5.32 Å². The highest BCUT2D eigenvalue weighted by Crippen LogP contribution is 1.88. The van der Waals surface area contributed by atoms with E-state index in [9.17, 15) is 4.79 Å². The van der Waals surface area contributed by atoms with E-state index in [0.717, 1.165) is 39.0 Å². The SMILES string of the molecule is CCN(CC)CCCNC=O.Cl. The maximum atomic E-state index is 9.86. The highest BCUT2D eigenvalue weighted by Gasteiger charge is 1.96. The maximum Gasteiger partial charge on any atom is 0.207 e. The van der Waals surface area contributed by atoms with Crippen LogP contribution in [0.1, 0.15) is 20.3 Å². The monoisotopic (exact) mass is 194 g/mol. The molecule has 0 saturated carbocycles. The molecule has 0 aliphatic carbocycles. The van der Waals surface area contributed by atoms with Crippen LogP contribution in [-0.4, -0.2) is 37.5 Å². The van der Waals surface area contributed by atoms with Crippen LogP contribution in [0.15, 0.2) is 0 Å². The van der Waals surface area contributed by atoms with Crippen LogP contribution in [0, 0.1) is 0 Å². The number of nitrogens with one attached hydrogen (secondary N) is 1. The first kappa shape index (κ1) is 14.3. The molecular formula is C8H19ClN2O. The van der Waals surface area contributed by atoms with E-state index >= 15 is 0 Å². The summed E-state index contributed by atoms with van der Waals surface area (Å²) in [5.41, 5.74) is 0. The summed E-state index contributed by atoms with van der Waals surface area (Å²) in [6.07, 6.45) is 1.79. The van der Waals surface area contributed by atoms with Crippen LogP contribution in [0.3, 0.4) is 0 Å². The third-order valence-electron chi connectivity index (χ3n) is 1.77. The van der Waals surface area contributed by atoms with Crippen molar-refractivity contribution < 1.29 is 4.79 Å². The third kappa shape index (κ3) is 7.82. The van der Waals surface area contributed by atoms with E-state index in [2.05, 4.69) is 24.1 Å². The number of halogens is 1. The Balaban J connectivity index is 0. The fourth-order valence-corrected chi connectivity index (χ4v) is 1.00. The van der Waals surface area contributed by atoms with Gasteiger partial charge in [-0.2, -0.15) is 0 Å². The molecule has 1 amide bonds. The van der Waals surface area contributed by atoms with Gasteiger partial charge in [-0.3, -0.25) is 4.79 Å². The maximum absolute atomic E-state index is 9.86. The molecule has 0 atom stereocenters. The van der Waals surface area contributed by atoms with E-state index in [1.165, 1.54) is 0 Å². The van der Waals surface area contributed by atoms with Gasteiger partial charge in [-0.1, -0.05) is 13.8 Å². The molecule has 12 heavy (non-hydrogen) atoms. The van der Waals surface area contributed by atoms with Crippen LogP contribution >= 0.6 is 12.4 Å². The summed E-state index contributed by atoms with van der Waals surface area (Å²) in [5, 5.41) is 2.64. The lowest BCUT2D eigenvalue weighted by Gasteiger charge is -2.17. The summed E-state index contributed by atoms with van der Waals surface area (Å²) in [6.45, 7) is 8.36. The molecule has 0 heterocycles. The largest absolute Gasteiger partial charge is 0.359 e. The minimum atomic E-state index is 0. The Hall–Kier alpha value is -0.280. The predicted octanol–water partition coefficient (Wildman–Crippen LogP) is 0.886. The van der Waals surface area contributed by atoms with E-state index in [1.807, 2.05) is 0 Å². The average Bonchev–Trinajstić information content (AvgIpc) is 2.05. The summed E-state index contributed by atoms with van der Waals surface area (Å²) in [5.74, 6) is 0. The van der Waals surface area contributed by atoms with E-state index in [1.54, 1.807) is 0 Å². The van der Waals surface area contributed by atoms with Gasteiger partial charge in [0.05, 0.1) is 0 Å². The Kier molecular flexibility index (Phi) is 12.7. The summed E-state index contributed by atoms with van der Waals surface area (Å²) in [4.78, 5) is 12.2. The van der Waals surface area contributed by atoms with Crippen LogP contribution in [-0.2, 0) is 4.79 Å². The molecule has 0 aliphatic heterocycles.